The molecule has 2 heterocycles. The van der Waals surface area contributed by atoms with E-state index in [9.17, 15) is 9.59 Å². The number of benzene rings is 2. The number of ketones is 1. The monoisotopic (exact) mass is 448 g/mol. The first-order valence-corrected chi connectivity index (χ1v) is 12.2. The predicted octanol–water partition coefficient (Wildman–Crippen LogP) is 5.05. The zero-order valence-electron chi connectivity index (χ0n) is 20.2. The molecular formula is C28H36N2O3. The number of amides is 1. The van der Waals surface area contributed by atoms with Crippen LogP contribution in [0.25, 0.3) is 0 Å². The van der Waals surface area contributed by atoms with Crippen molar-refractivity contribution in [2.45, 2.75) is 46.6 Å². The number of nitrogens with zero attached hydrogens (tertiary/aromatic N) is 2. The number of likely N-dealkylation sites (tertiary alicyclic amines) is 2. The average molecular weight is 449 g/mol. The third-order valence-electron chi connectivity index (χ3n) is 7.11. The summed E-state index contributed by atoms with van der Waals surface area (Å²) >= 11 is 0. The second-order valence-electron chi connectivity index (χ2n) is 10.2. The topological polar surface area (TPSA) is 49.9 Å². The van der Waals surface area contributed by atoms with Crippen LogP contribution < -0.4 is 4.74 Å². The normalized spacial score (nSPS) is 18.1. The minimum Gasteiger partial charge on any atom is -0.493 e. The Morgan fingerprint density at radius 1 is 0.939 bits per heavy atom. The standard InChI is InChI=1S/C28H36N2O3/c1-21(2)19-33-26-7-5-4-6-25(26)18-29-15-12-28(20-29)13-16-30(17-14-28)27(32)24-10-8-23(9-11-24)22(3)31/h4-11,21H,12-20H2,1-3H3. The Balaban J connectivity index is 1.32. The van der Waals surface area contributed by atoms with E-state index in [2.05, 4.69) is 36.9 Å². The van der Waals surface area contributed by atoms with Gasteiger partial charge in [-0.15, -0.1) is 0 Å². The predicted molar refractivity (Wildman–Crippen MR) is 131 cm³/mol. The molecule has 2 saturated heterocycles. The molecule has 2 aliphatic rings. The van der Waals surface area contributed by atoms with Crippen molar-refractivity contribution in [1.29, 1.82) is 0 Å². The Labute approximate surface area is 197 Å². The van der Waals surface area contributed by atoms with Gasteiger partial charge in [0.25, 0.3) is 5.91 Å². The Hall–Kier alpha value is -2.66. The summed E-state index contributed by atoms with van der Waals surface area (Å²) in [7, 11) is 0. The van der Waals surface area contributed by atoms with Crippen LogP contribution in [-0.4, -0.2) is 54.3 Å². The molecule has 4 rings (SSSR count). The molecule has 2 aromatic carbocycles. The Morgan fingerprint density at radius 3 is 2.24 bits per heavy atom. The summed E-state index contributed by atoms with van der Waals surface area (Å²) in [4.78, 5) is 29.0. The molecule has 5 nitrogen and oxygen atoms in total. The van der Waals surface area contributed by atoms with Crippen LogP contribution >= 0.6 is 0 Å². The lowest BCUT2D eigenvalue weighted by atomic mass is 9.77. The average Bonchev–Trinajstić information content (AvgIpc) is 3.20. The molecule has 176 valence electrons. The van der Waals surface area contributed by atoms with E-state index in [0.717, 1.165) is 57.9 Å². The van der Waals surface area contributed by atoms with E-state index in [1.54, 1.807) is 31.2 Å². The minimum absolute atomic E-state index is 0.0220. The number of piperidine rings is 1. The van der Waals surface area contributed by atoms with Gasteiger partial charge in [-0.3, -0.25) is 14.5 Å². The summed E-state index contributed by atoms with van der Waals surface area (Å²) in [5.41, 5.74) is 2.88. The maximum atomic E-state index is 13.0. The fourth-order valence-electron chi connectivity index (χ4n) is 5.06. The lowest BCUT2D eigenvalue weighted by Gasteiger charge is -2.39. The van der Waals surface area contributed by atoms with E-state index in [0.29, 0.717) is 22.5 Å². The van der Waals surface area contributed by atoms with Crippen LogP contribution in [0.3, 0.4) is 0 Å². The van der Waals surface area contributed by atoms with E-state index in [1.165, 1.54) is 12.0 Å². The summed E-state index contributed by atoms with van der Waals surface area (Å²) in [5.74, 6) is 1.61. The summed E-state index contributed by atoms with van der Waals surface area (Å²) < 4.78 is 6.06. The highest BCUT2D eigenvalue weighted by atomic mass is 16.5. The molecule has 0 bridgehead atoms. The van der Waals surface area contributed by atoms with Gasteiger partial charge in [-0.05, 0) is 62.3 Å². The maximum absolute atomic E-state index is 13.0. The van der Waals surface area contributed by atoms with E-state index in [4.69, 9.17) is 4.74 Å². The quantitative estimate of drug-likeness (QED) is 0.556. The van der Waals surface area contributed by atoms with Crippen molar-refractivity contribution in [3.63, 3.8) is 0 Å². The van der Waals surface area contributed by atoms with Crippen molar-refractivity contribution in [3.05, 3.63) is 65.2 Å². The van der Waals surface area contributed by atoms with Crippen LogP contribution in [0.2, 0.25) is 0 Å². The third kappa shape index (κ3) is 5.64. The first-order valence-electron chi connectivity index (χ1n) is 12.2. The van der Waals surface area contributed by atoms with Crippen molar-refractivity contribution in [1.82, 2.24) is 9.80 Å². The zero-order chi connectivity index (χ0) is 23.4. The molecule has 0 unspecified atom stereocenters. The number of rotatable bonds is 7. The van der Waals surface area contributed by atoms with Crippen molar-refractivity contribution >= 4 is 11.7 Å². The maximum Gasteiger partial charge on any atom is 0.253 e. The van der Waals surface area contributed by atoms with Gasteiger partial charge >= 0.3 is 0 Å². The zero-order valence-corrected chi connectivity index (χ0v) is 20.2. The second-order valence-corrected chi connectivity index (χ2v) is 10.2. The molecule has 33 heavy (non-hydrogen) atoms. The largest absolute Gasteiger partial charge is 0.493 e. The van der Waals surface area contributed by atoms with Crippen LogP contribution in [0, 0.1) is 11.3 Å². The van der Waals surface area contributed by atoms with Gasteiger partial charge in [-0.25, -0.2) is 0 Å². The highest BCUT2D eigenvalue weighted by molar-refractivity contribution is 5.97. The number of Topliss-reactive ketones (excluding diaryl/α,β-unsaturated/α-hetero) is 1. The SMILES string of the molecule is CC(=O)c1ccc(C(=O)N2CCC3(CCN(Cc4ccccc4OCC(C)C)C3)CC2)cc1. The molecule has 0 radical (unpaired) electrons. The van der Waals surface area contributed by atoms with Crippen molar-refractivity contribution < 1.29 is 14.3 Å². The van der Waals surface area contributed by atoms with Gasteiger partial charge < -0.3 is 9.64 Å². The molecule has 2 fully saturated rings. The van der Waals surface area contributed by atoms with Crippen LogP contribution in [0.1, 0.15) is 66.3 Å². The first kappa shape index (κ1) is 23.5. The van der Waals surface area contributed by atoms with Gasteiger partial charge in [0, 0.05) is 42.9 Å². The Kier molecular flexibility index (Phi) is 7.18. The summed E-state index contributed by atoms with van der Waals surface area (Å²) in [5, 5.41) is 0. The molecule has 0 aromatic heterocycles. The molecule has 0 aliphatic carbocycles. The fraction of sp³-hybridized carbons (Fsp3) is 0.500. The van der Waals surface area contributed by atoms with Crippen LogP contribution in [0.15, 0.2) is 48.5 Å². The molecule has 0 saturated carbocycles. The van der Waals surface area contributed by atoms with Crippen LogP contribution in [0.5, 0.6) is 5.75 Å². The summed E-state index contributed by atoms with van der Waals surface area (Å²) in [6.45, 7) is 11.3. The highest BCUT2D eigenvalue weighted by Gasteiger charge is 2.41. The minimum atomic E-state index is 0.0220. The Morgan fingerprint density at radius 2 is 1.58 bits per heavy atom. The number of hydrogen-bond acceptors (Lipinski definition) is 4. The lowest BCUT2D eigenvalue weighted by molar-refractivity contribution is 0.0587. The summed E-state index contributed by atoms with van der Waals surface area (Å²) in [6.07, 6.45) is 3.29. The lowest BCUT2D eigenvalue weighted by Crippen LogP contribution is -2.44. The van der Waals surface area contributed by atoms with Gasteiger partial charge in [-0.1, -0.05) is 44.2 Å². The van der Waals surface area contributed by atoms with Crippen molar-refractivity contribution in [2.24, 2.45) is 11.3 Å². The summed E-state index contributed by atoms with van der Waals surface area (Å²) in [6, 6.07) is 15.5. The number of carbonyl (C=O) groups is 2. The van der Waals surface area contributed by atoms with E-state index in [1.807, 2.05) is 11.0 Å². The van der Waals surface area contributed by atoms with Gasteiger partial charge in [0.15, 0.2) is 5.78 Å². The molecule has 1 amide bonds. The third-order valence-corrected chi connectivity index (χ3v) is 7.11. The second kappa shape index (κ2) is 10.1. The molecule has 2 aromatic rings. The van der Waals surface area contributed by atoms with Gasteiger partial charge in [0.2, 0.25) is 0 Å². The van der Waals surface area contributed by atoms with E-state index in [-0.39, 0.29) is 11.7 Å². The first-order chi connectivity index (χ1) is 15.8. The molecule has 5 heteroatoms. The van der Waals surface area contributed by atoms with Crippen molar-refractivity contribution in [2.75, 3.05) is 32.8 Å². The number of ether oxygens (including phenoxy) is 1. The number of carbonyl (C=O) groups excluding carboxylic acids is 2. The fourth-order valence-corrected chi connectivity index (χ4v) is 5.06. The molecule has 0 atom stereocenters. The molecule has 2 aliphatic heterocycles. The number of hydrogen-bond donors (Lipinski definition) is 0. The van der Waals surface area contributed by atoms with Gasteiger partial charge in [-0.2, -0.15) is 0 Å². The smallest absolute Gasteiger partial charge is 0.253 e. The van der Waals surface area contributed by atoms with Gasteiger partial charge in [0.05, 0.1) is 6.61 Å². The van der Waals surface area contributed by atoms with Crippen LogP contribution in [-0.2, 0) is 6.54 Å². The molecular weight excluding hydrogens is 412 g/mol. The van der Waals surface area contributed by atoms with E-state index < -0.39 is 0 Å². The van der Waals surface area contributed by atoms with Crippen LogP contribution in [0.4, 0.5) is 0 Å². The Bertz CT molecular complexity index is 975. The highest BCUT2D eigenvalue weighted by Crippen LogP contribution is 2.41. The number of para-hydroxylation sites is 1. The molecule has 1 spiro atoms. The van der Waals surface area contributed by atoms with Crippen molar-refractivity contribution in [3.8, 4) is 5.75 Å². The van der Waals surface area contributed by atoms with E-state index >= 15 is 0 Å². The molecule has 0 N–H and O–H groups in total. The van der Waals surface area contributed by atoms with Gasteiger partial charge in [0.1, 0.15) is 5.75 Å².